The largest absolute Gasteiger partial charge is 0.493 e. The molecule has 2 N–H and O–H groups in total. The standard InChI is InChI=1S/C29H29F2N5O4/c1-17-10-20(34-28-23-14-26(38-2)27(39-3)15-24(23)32-16-33-28)4-5-25(17)40-22-6-8-36(9-7-22)29(37)35-21-12-18(30)11-19(31)13-21/h4-5,10-16,22H,6-9H2,1-3H3,(H,35,37)(H,32,33,34). The van der Waals surface area contributed by atoms with Crippen LogP contribution in [0.4, 0.5) is 30.8 Å². The number of amides is 2. The number of hydrogen-bond donors (Lipinski definition) is 2. The van der Waals surface area contributed by atoms with Gasteiger partial charge in [-0.3, -0.25) is 0 Å². The Kier molecular flexibility index (Phi) is 7.81. The van der Waals surface area contributed by atoms with Crippen molar-refractivity contribution in [3.8, 4) is 17.2 Å². The molecule has 0 atom stereocenters. The van der Waals surface area contributed by atoms with E-state index in [1.165, 1.54) is 6.33 Å². The van der Waals surface area contributed by atoms with Crippen LogP contribution in [-0.2, 0) is 0 Å². The second kappa shape index (κ2) is 11.6. The fraction of sp³-hybridized carbons (Fsp3) is 0.276. The van der Waals surface area contributed by atoms with E-state index >= 15 is 0 Å². The summed E-state index contributed by atoms with van der Waals surface area (Å²) in [7, 11) is 3.16. The number of methoxy groups -OCH3 is 2. The van der Waals surface area contributed by atoms with Gasteiger partial charge in [-0.05, 0) is 48.9 Å². The Labute approximate surface area is 230 Å². The first-order valence-corrected chi connectivity index (χ1v) is 12.8. The highest BCUT2D eigenvalue weighted by molar-refractivity contribution is 5.93. The van der Waals surface area contributed by atoms with Gasteiger partial charge in [-0.2, -0.15) is 0 Å². The van der Waals surface area contributed by atoms with Crippen LogP contribution in [0.1, 0.15) is 18.4 Å². The summed E-state index contributed by atoms with van der Waals surface area (Å²) in [6, 6.07) is 12.0. The van der Waals surface area contributed by atoms with Crippen LogP contribution in [0.25, 0.3) is 10.9 Å². The highest BCUT2D eigenvalue weighted by Gasteiger charge is 2.25. The first-order chi connectivity index (χ1) is 19.3. The predicted octanol–water partition coefficient (Wildman–Crippen LogP) is 6.05. The molecule has 5 rings (SSSR count). The number of anilines is 3. The Hall–Kier alpha value is -4.67. The number of rotatable bonds is 7. The van der Waals surface area contributed by atoms with Crippen molar-refractivity contribution in [3.63, 3.8) is 0 Å². The van der Waals surface area contributed by atoms with Gasteiger partial charge in [-0.25, -0.2) is 23.5 Å². The molecule has 208 valence electrons. The van der Waals surface area contributed by atoms with E-state index < -0.39 is 17.7 Å². The number of nitrogens with one attached hydrogen (secondary N) is 2. The van der Waals surface area contributed by atoms with E-state index in [2.05, 4.69) is 20.6 Å². The molecule has 1 saturated heterocycles. The number of carbonyl (C=O) groups excluding carboxylic acids is 1. The number of benzene rings is 3. The van der Waals surface area contributed by atoms with E-state index in [-0.39, 0.29) is 11.8 Å². The average Bonchev–Trinajstić information content (AvgIpc) is 2.93. The third-order valence-corrected chi connectivity index (χ3v) is 6.71. The molecule has 9 nitrogen and oxygen atoms in total. The summed E-state index contributed by atoms with van der Waals surface area (Å²) in [5.41, 5.74) is 2.57. The van der Waals surface area contributed by atoms with Crippen LogP contribution >= 0.6 is 0 Å². The number of halogens is 2. The number of aryl methyl sites for hydroxylation is 1. The van der Waals surface area contributed by atoms with E-state index in [1.54, 1.807) is 25.2 Å². The lowest BCUT2D eigenvalue weighted by molar-refractivity contribution is 0.115. The lowest BCUT2D eigenvalue weighted by atomic mass is 10.1. The van der Waals surface area contributed by atoms with Crippen LogP contribution in [0.15, 0.2) is 54.9 Å². The van der Waals surface area contributed by atoms with Crippen LogP contribution in [-0.4, -0.2) is 54.3 Å². The van der Waals surface area contributed by atoms with Crippen molar-refractivity contribution in [2.75, 3.05) is 37.9 Å². The monoisotopic (exact) mass is 549 g/mol. The molecule has 0 saturated carbocycles. The SMILES string of the molecule is COc1cc2ncnc(Nc3ccc(OC4CCN(C(=O)Nc5cc(F)cc(F)c5)CC4)c(C)c3)c2cc1OC. The predicted molar refractivity (Wildman–Crippen MR) is 148 cm³/mol. The van der Waals surface area contributed by atoms with Crippen molar-refractivity contribution in [3.05, 3.63) is 72.1 Å². The maximum absolute atomic E-state index is 13.4. The fourth-order valence-corrected chi connectivity index (χ4v) is 4.66. The minimum absolute atomic E-state index is 0.0681. The summed E-state index contributed by atoms with van der Waals surface area (Å²) >= 11 is 0. The molecule has 1 aliphatic heterocycles. The second-order valence-corrected chi connectivity index (χ2v) is 9.44. The average molecular weight is 550 g/mol. The maximum Gasteiger partial charge on any atom is 0.321 e. The zero-order chi connectivity index (χ0) is 28.2. The van der Waals surface area contributed by atoms with Gasteiger partial charge in [-0.15, -0.1) is 0 Å². The van der Waals surface area contributed by atoms with Gasteiger partial charge in [-0.1, -0.05) is 0 Å². The highest BCUT2D eigenvalue weighted by Crippen LogP contribution is 2.35. The minimum atomic E-state index is -0.745. The normalized spacial score (nSPS) is 13.7. The van der Waals surface area contributed by atoms with Gasteiger partial charge in [0.05, 0.1) is 19.7 Å². The van der Waals surface area contributed by atoms with Crippen molar-refractivity contribution in [1.82, 2.24) is 14.9 Å². The smallest absolute Gasteiger partial charge is 0.321 e. The molecule has 0 radical (unpaired) electrons. The van der Waals surface area contributed by atoms with Crippen molar-refractivity contribution in [1.29, 1.82) is 0 Å². The van der Waals surface area contributed by atoms with Crippen molar-refractivity contribution in [2.45, 2.75) is 25.9 Å². The zero-order valence-corrected chi connectivity index (χ0v) is 22.3. The summed E-state index contributed by atoms with van der Waals surface area (Å²) in [5, 5.41) is 6.69. The van der Waals surface area contributed by atoms with Gasteiger partial charge in [0.2, 0.25) is 0 Å². The van der Waals surface area contributed by atoms with Crippen LogP contribution < -0.4 is 24.8 Å². The first kappa shape index (κ1) is 26.9. The van der Waals surface area contributed by atoms with Crippen molar-refractivity contribution >= 4 is 34.1 Å². The van der Waals surface area contributed by atoms with Gasteiger partial charge in [0.25, 0.3) is 0 Å². The summed E-state index contributed by atoms with van der Waals surface area (Å²) in [6.45, 7) is 2.89. The molecule has 4 aromatic rings. The number of piperidine rings is 1. The minimum Gasteiger partial charge on any atom is -0.493 e. The van der Waals surface area contributed by atoms with E-state index in [1.807, 2.05) is 31.2 Å². The van der Waals surface area contributed by atoms with Gasteiger partial charge in [0, 0.05) is 54.8 Å². The number of nitrogens with zero attached hydrogens (tertiary/aromatic N) is 3. The molecular formula is C29H29F2N5O4. The molecule has 1 aromatic heterocycles. The quantitative estimate of drug-likeness (QED) is 0.290. The van der Waals surface area contributed by atoms with Crippen molar-refractivity contribution in [2.24, 2.45) is 0 Å². The summed E-state index contributed by atoms with van der Waals surface area (Å²) in [6.07, 6.45) is 2.68. The second-order valence-electron chi connectivity index (χ2n) is 9.44. The summed E-state index contributed by atoms with van der Waals surface area (Å²) in [4.78, 5) is 22.9. The van der Waals surface area contributed by atoms with Gasteiger partial charge in [0.15, 0.2) is 11.5 Å². The number of aromatic nitrogens is 2. The number of likely N-dealkylation sites (tertiary alicyclic amines) is 1. The summed E-state index contributed by atoms with van der Waals surface area (Å²) < 4.78 is 43.9. The van der Waals surface area contributed by atoms with E-state index in [0.29, 0.717) is 43.2 Å². The topological polar surface area (TPSA) is 97.8 Å². The van der Waals surface area contributed by atoms with Gasteiger partial charge < -0.3 is 29.7 Å². The van der Waals surface area contributed by atoms with Crippen LogP contribution in [0.5, 0.6) is 17.2 Å². The van der Waals surface area contributed by atoms with E-state index in [0.717, 1.165) is 46.1 Å². The summed E-state index contributed by atoms with van der Waals surface area (Å²) in [5.74, 6) is 1.06. The fourth-order valence-electron chi connectivity index (χ4n) is 4.66. The molecule has 3 aromatic carbocycles. The molecule has 0 spiro atoms. The third-order valence-electron chi connectivity index (χ3n) is 6.71. The lowest BCUT2D eigenvalue weighted by Crippen LogP contribution is -2.43. The highest BCUT2D eigenvalue weighted by atomic mass is 19.1. The number of carbonyl (C=O) groups is 1. The maximum atomic E-state index is 13.4. The third kappa shape index (κ3) is 5.98. The van der Waals surface area contributed by atoms with Gasteiger partial charge >= 0.3 is 6.03 Å². The molecular weight excluding hydrogens is 520 g/mol. The molecule has 0 unspecified atom stereocenters. The van der Waals surface area contributed by atoms with Crippen LogP contribution in [0.3, 0.4) is 0 Å². The molecule has 1 fully saturated rings. The molecule has 0 bridgehead atoms. The molecule has 1 aliphatic rings. The number of urea groups is 1. The Morgan fingerprint density at radius 2 is 1.60 bits per heavy atom. The Morgan fingerprint density at radius 3 is 2.27 bits per heavy atom. The lowest BCUT2D eigenvalue weighted by Gasteiger charge is -2.32. The Bertz CT molecular complexity index is 1520. The van der Waals surface area contributed by atoms with Crippen LogP contribution in [0.2, 0.25) is 0 Å². The van der Waals surface area contributed by atoms with E-state index in [4.69, 9.17) is 14.2 Å². The molecule has 0 aliphatic carbocycles. The van der Waals surface area contributed by atoms with Crippen LogP contribution in [0, 0.1) is 18.6 Å². The molecule has 2 amide bonds. The zero-order valence-electron chi connectivity index (χ0n) is 22.3. The Morgan fingerprint density at radius 1 is 0.900 bits per heavy atom. The van der Waals surface area contributed by atoms with E-state index in [9.17, 15) is 13.6 Å². The number of ether oxygens (including phenoxy) is 3. The molecule has 2 heterocycles. The van der Waals surface area contributed by atoms with Crippen molar-refractivity contribution < 1.29 is 27.8 Å². The van der Waals surface area contributed by atoms with Gasteiger partial charge in [0.1, 0.15) is 35.6 Å². The first-order valence-electron chi connectivity index (χ1n) is 12.8. The Balaban J connectivity index is 1.20. The number of fused-ring (bicyclic) bond motifs is 1. The number of hydrogen-bond acceptors (Lipinski definition) is 7. The molecule has 40 heavy (non-hydrogen) atoms. The molecule has 11 heteroatoms.